The highest BCUT2D eigenvalue weighted by molar-refractivity contribution is 6.34. The molecule has 4 heteroatoms. The molecule has 1 unspecified atom stereocenters. The van der Waals surface area contributed by atoms with Crippen molar-refractivity contribution < 1.29 is 4.79 Å². The van der Waals surface area contributed by atoms with Crippen molar-refractivity contribution in [1.29, 1.82) is 0 Å². The van der Waals surface area contributed by atoms with Crippen LogP contribution in [0.5, 0.6) is 0 Å². The van der Waals surface area contributed by atoms with E-state index < -0.39 is 6.03 Å². The Morgan fingerprint density at radius 2 is 1.83 bits per heavy atom. The van der Waals surface area contributed by atoms with Crippen LogP contribution in [0.15, 0.2) is 63.6 Å². The van der Waals surface area contributed by atoms with E-state index in [1.165, 1.54) is 0 Å². The quantitative estimate of drug-likeness (QED) is 0.760. The van der Waals surface area contributed by atoms with E-state index in [9.17, 15) is 4.79 Å². The lowest BCUT2D eigenvalue weighted by Gasteiger charge is -2.21. The first-order valence-corrected chi connectivity index (χ1v) is 5.94. The molecule has 0 saturated carbocycles. The molecule has 0 aromatic heterocycles. The summed E-state index contributed by atoms with van der Waals surface area (Å²) in [6.07, 6.45) is 5.36. The van der Waals surface area contributed by atoms with E-state index in [1.807, 2.05) is 36.4 Å². The van der Waals surface area contributed by atoms with E-state index in [2.05, 4.69) is 9.98 Å². The van der Waals surface area contributed by atoms with Crippen LogP contribution in [0.2, 0.25) is 0 Å². The Morgan fingerprint density at radius 3 is 2.61 bits per heavy atom. The maximum Gasteiger partial charge on any atom is 0.367 e. The minimum absolute atomic E-state index is 0.136. The van der Waals surface area contributed by atoms with Crippen molar-refractivity contribution in [2.24, 2.45) is 15.9 Å². The van der Waals surface area contributed by atoms with Gasteiger partial charge in [0.15, 0.2) is 0 Å². The lowest BCUT2D eigenvalue weighted by molar-refractivity contribution is 0.256. The second kappa shape index (κ2) is 4.35. The molecule has 3 rings (SSSR count). The molecule has 0 fully saturated rings. The first-order chi connectivity index (χ1) is 8.74. The van der Waals surface area contributed by atoms with Gasteiger partial charge in [-0.15, -0.1) is 0 Å². The van der Waals surface area contributed by atoms with Crippen LogP contribution in [0.4, 0.5) is 4.79 Å². The number of nitrogens with zero attached hydrogens (tertiary/aromatic N) is 2. The van der Waals surface area contributed by atoms with Crippen molar-refractivity contribution in [1.82, 2.24) is 0 Å². The molecule has 0 radical (unpaired) electrons. The van der Waals surface area contributed by atoms with Crippen molar-refractivity contribution in [3.63, 3.8) is 0 Å². The van der Waals surface area contributed by atoms with Crippen LogP contribution in [0.25, 0.3) is 0 Å². The van der Waals surface area contributed by atoms with Crippen LogP contribution in [0.1, 0.15) is 5.56 Å². The molecule has 2 amide bonds. The van der Waals surface area contributed by atoms with Gasteiger partial charge in [-0.2, -0.15) is 9.98 Å². The zero-order valence-electron chi connectivity index (χ0n) is 9.38. The van der Waals surface area contributed by atoms with Gasteiger partial charge in [-0.05, 0) is 17.7 Å². The van der Waals surface area contributed by atoms with Crippen molar-refractivity contribution >= 4 is 29.1 Å². The molecule has 2 aliphatic rings. The number of halogens is 1. The fourth-order valence-electron chi connectivity index (χ4n) is 2.06. The topological polar surface area (TPSA) is 41.8 Å². The second-order valence-electron chi connectivity index (χ2n) is 4.04. The van der Waals surface area contributed by atoms with Gasteiger partial charge in [-0.3, -0.25) is 0 Å². The van der Waals surface area contributed by atoms with E-state index in [1.54, 1.807) is 12.2 Å². The molecule has 1 heterocycles. The van der Waals surface area contributed by atoms with E-state index >= 15 is 0 Å². The molecule has 1 aliphatic carbocycles. The van der Waals surface area contributed by atoms with Gasteiger partial charge >= 0.3 is 6.03 Å². The van der Waals surface area contributed by atoms with Gasteiger partial charge in [-0.25, -0.2) is 4.79 Å². The van der Waals surface area contributed by atoms with Crippen LogP contribution in [-0.4, -0.2) is 17.5 Å². The van der Waals surface area contributed by atoms with Gasteiger partial charge < -0.3 is 0 Å². The number of carbonyl (C=O) groups excluding carboxylic acids is 1. The molecule has 1 aliphatic heterocycles. The Labute approximate surface area is 109 Å². The van der Waals surface area contributed by atoms with Gasteiger partial charge in [-0.1, -0.05) is 48.0 Å². The smallest absolute Gasteiger partial charge is 0.244 e. The molecule has 1 aromatic carbocycles. The number of hydrogen-bond acceptors (Lipinski definition) is 1. The SMILES string of the molecule is O=C1N=C2C=CC(Cl)=CC2C(c2ccccc2)=N1. The van der Waals surface area contributed by atoms with E-state index in [4.69, 9.17) is 11.6 Å². The van der Waals surface area contributed by atoms with Gasteiger partial charge in [0.2, 0.25) is 0 Å². The normalized spacial score (nSPS) is 21.9. The van der Waals surface area contributed by atoms with Gasteiger partial charge in [0.25, 0.3) is 0 Å². The number of fused-ring (bicyclic) bond motifs is 1. The number of carbonyl (C=O) groups is 1. The van der Waals surface area contributed by atoms with E-state index in [0.717, 1.165) is 5.56 Å². The maximum atomic E-state index is 11.5. The number of benzene rings is 1. The Balaban J connectivity index is 2.09. The van der Waals surface area contributed by atoms with Crippen LogP contribution >= 0.6 is 11.6 Å². The lowest BCUT2D eigenvalue weighted by atomic mass is 9.88. The third-order valence-electron chi connectivity index (χ3n) is 2.86. The van der Waals surface area contributed by atoms with Crippen molar-refractivity contribution in [3.8, 4) is 0 Å². The number of hydrogen-bond donors (Lipinski definition) is 0. The molecular weight excluding hydrogens is 248 g/mol. The first-order valence-electron chi connectivity index (χ1n) is 5.56. The van der Waals surface area contributed by atoms with E-state index in [0.29, 0.717) is 16.5 Å². The summed E-state index contributed by atoms with van der Waals surface area (Å²) in [7, 11) is 0. The highest BCUT2D eigenvalue weighted by Crippen LogP contribution is 2.25. The summed E-state index contributed by atoms with van der Waals surface area (Å²) in [6, 6.07) is 9.14. The van der Waals surface area contributed by atoms with Crippen LogP contribution < -0.4 is 0 Å². The summed E-state index contributed by atoms with van der Waals surface area (Å²) in [5, 5.41) is 0.636. The molecular formula is C14H9ClN2O. The molecule has 0 saturated heterocycles. The number of rotatable bonds is 1. The standard InChI is InChI=1S/C14H9ClN2O/c15-10-6-7-12-11(8-10)13(17-14(18)16-12)9-4-2-1-3-5-9/h1-8,11H. The fourth-order valence-corrected chi connectivity index (χ4v) is 2.24. The molecule has 1 aromatic rings. The number of urea groups is 1. The molecule has 18 heavy (non-hydrogen) atoms. The maximum absolute atomic E-state index is 11.5. The Hall–Kier alpha value is -2.00. The Bertz CT molecular complexity index is 626. The molecule has 1 atom stereocenters. The molecule has 0 spiro atoms. The minimum atomic E-state index is -0.462. The van der Waals surface area contributed by atoms with Crippen molar-refractivity contribution in [3.05, 3.63) is 59.2 Å². The third kappa shape index (κ3) is 1.93. The zero-order chi connectivity index (χ0) is 12.5. The molecule has 0 bridgehead atoms. The summed E-state index contributed by atoms with van der Waals surface area (Å²) < 4.78 is 0. The Morgan fingerprint density at radius 1 is 1.06 bits per heavy atom. The average Bonchev–Trinajstić information content (AvgIpc) is 2.39. The molecule has 0 N–H and O–H groups in total. The third-order valence-corrected chi connectivity index (χ3v) is 3.11. The number of allylic oxidation sites excluding steroid dienone is 4. The van der Waals surface area contributed by atoms with Crippen molar-refractivity contribution in [2.75, 3.05) is 0 Å². The summed E-state index contributed by atoms with van der Waals surface area (Å²) >= 11 is 6.01. The zero-order valence-corrected chi connectivity index (χ0v) is 10.1. The van der Waals surface area contributed by atoms with Gasteiger partial charge in [0.1, 0.15) is 0 Å². The van der Waals surface area contributed by atoms with Crippen LogP contribution in [0, 0.1) is 5.92 Å². The van der Waals surface area contributed by atoms with Gasteiger partial charge in [0.05, 0.1) is 17.3 Å². The number of aliphatic imine (C=N–C) groups is 2. The Kier molecular flexibility index (Phi) is 2.68. The predicted molar refractivity (Wildman–Crippen MR) is 72.4 cm³/mol. The summed E-state index contributed by atoms with van der Waals surface area (Å²) in [5.41, 5.74) is 2.31. The average molecular weight is 257 g/mol. The number of amides is 2. The second-order valence-corrected chi connectivity index (χ2v) is 4.48. The van der Waals surface area contributed by atoms with Crippen LogP contribution in [0.3, 0.4) is 0 Å². The lowest BCUT2D eigenvalue weighted by Crippen LogP contribution is -2.28. The van der Waals surface area contributed by atoms with Crippen LogP contribution in [-0.2, 0) is 0 Å². The first kappa shape index (κ1) is 11.1. The molecule has 3 nitrogen and oxygen atoms in total. The van der Waals surface area contributed by atoms with Crippen molar-refractivity contribution in [2.45, 2.75) is 0 Å². The predicted octanol–water partition coefficient (Wildman–Crippen LogP) is 3.36. The van der Waals surface area contributed by atoms with Gasteiger partial charge in [0, 0.05) is 5.03 Å². The highest BCUT2D eigenvalue weighted by Gasteiger charge is 2.27. The largest absolute Gasteiger partial charge is 0.367 e. The summed E-state index contributed by atoms with van der Waals surface area (Å²) in [5.74, 6) is -0.136. The van der Waals surface area contributed by atoms with E-state index in [-0.39, 0.29) is 5.92 Å². The summed E-state index contributed by atoms with van der Waals surface area (Å²) in [4.78, 5) is 19.5. The monoisotopic (exact) mass is 256 g/mol. The minimum Gasteiger partial charge on any atom is -0.244 e. The highest BCUT2D eigenvalue weighted by atomic mass is 35.5. The fraction of sp³-hybridized carbons (Fsp3) is 0.0714. The molecule has 88 valence electrons. The summed E-state index contributed by atoms with van der Waals surface area (Å²) in [6.45, 7) is 0.